The zero-order chi connectivity index (χ0) is 19.9. The molecule has 154 valence electrons. The fourth-order valence-corrected chi connectivity index (χ4v) is 3.09. The summed E-state index contributed by atoms with van der Waals surface area (Å²) in [6, 6.07) is 3.59. The molecule has 2 aromatic rings. The summed E-state index contributed by atoms with van der Waals surface area (Å²) in [5, 5.41) is 0.462. The molecule has 28 heavy (non-hydrogen) atoms. The van der Waals surface area contributed by atoms with Crippen molar-refractivity contribution in [2.24, 2.45) is 0 Å². The summed E-state index contributed by atoms with van der Waals surface area (Å²) in [6.45, 7) is 4.69. The first kappa shape index (κ1) is 20.6. The maximum Gasteiger partial charge on any atom is 0.262 e. The van der Waals surface area contributed by atoms with Gasteiger partial charge >= 0.3 is 0 Å². The Labute approximate surface area is 165 Å². The van der Waals surface area contributed by atoms with Crippen LogP contribution >= 0.6 is 0 Å². The molecule has 1 saturated heterocycles. The van der Waals surface area contributed by atoms with Gasteiger partial charge in [-0.3, -0.25) is 4.79 Å². The van der Waals surface area contributed by atoms with E-state index in [0.29, 0.717) is 42.2 Å². The first-order valence-electron chi connectivity index (χ1n) is 9.75. The van der Waals surface area contributed by atoms with Gasteiger partial charge in [0.2, 0.25) is 0 Å². The number of aromatic nitrogens is 2. The number of H-pyrrole nitrogens is 1. The number of nitrogens with one attached hydrogen (secondary N) is 1. The molecule has 2 heterocycles. The van der Waals surface area contributed by atoms with E-state index >= 15 is 0 Å². The number of aromatic amines is 1. The second-order valence-corrected chi connectivity index (χ2v) is 7.43. The van der Waals surface area contributed by atoms with Gasteiger partial charge in [-0.15, -0.1) is 0 Å². The number of hydrogen-bond donors (Lipinski definition) is 1. The Hall–Kier alpha value is -2.16. The largest absolute Gasteiger partial charge is 0.492 e. The summed E-state index contributed by atoms with van der Waals surface area (Å²) < 4.78 is 17.5. The zero-order valence-electron chi connectivity index (χ0n) is 16.9. The van der Waals surface area contributed by atoms with E-state index < -0.39 is 0 Å². The molecular weight excluding hydrogens is 360 g/mol. The molecule has 0 aliphatic carbocycles. The van der Waals surface area contributed by atoms with Gasteiger partial charge in [0.15, 0.2) is 0 Å². The normalized spacial score (nSPS) is 15.5. The van der Waals surface area contributed by atoms with Gasteiger partial charge in [-0.25, -0.2) is 4.98 Å². The second kappa shape index (κ2) is 9.86. The molecule has 3 rings (SSSR count). The minimum atomic E-state index is -0.206. The predicted molar refractivity (Wildman–Crippen MR) is 108 cm³/mol. The number of ether oxygens (including phenoxy) is 3. The van der Waals surface area contributed by atoms with Gasteiger partial charge in [0.1, 0.15) is 29.6 Å². The molecule has 0 unspecified atom stereocenters. The van der Waals surface area contributed by atoms with Crippen LogP contribution in [0.5, 0.6) is 11.5 Å². The molecule has 0 spiro atoms. The third-order valence-corrected chi connectivity index (χ3v) is 4.81. The summed E-state index contributed by atoms with van der Waals surface area (Å²) in [7, 11) is 6.20. The SMILES string of the molecule is CN(C)CCN(C)CCOc1cc(OC2CCOCC2)c2c(=O)[nH]cnc2c1. The lowest BCUT2D eigenvalue weighted by atomic mass is 10.1. The number of hydrogen-bond acceptors (Lipinski definition) is 7. The van der Waals surface area contributed by atoms with Crippen LogP contribution in [0.3, 0.4) is 0 Å². The van der Waals surface area contributed by atoms with Crippen molar-refractivity contribution in [3.05, 3.63) is 28.8 Å². The number of rotatable bonds is 9. The van der Waals surface area contributed by atoms with Gasteiger partial charge < -0.3 is 29.0 Å². The lowest BCUT2D eigenvalue weighted by Gasteiger charge is -2.24. The Bertz CT molecular complexity index is 817. The smallest absolute Gasteiger partial charge is 0.262 e. The van der Waals surface area contributed by atoms with Gasteiger partial charge in [-0.2, -0.15) is 0 Å². The highest BCUT2D eigenvalue weighted by Crippen LogP contribution is 2.30. The average Bonchev–Trinajstić information content (AvgIpc) is 2.67. The van der Waals surface area contributed by atoms with Crippen molar-refractivity contribution < 1.29 is 14.2 Å². The molecule has 1 aromatic heterocycles. The maximum absolute atomic E-state index is 12.3. The van der Waals surface area contributed by atoms with Crippen LogP contribution in [-0.2, 0) is 4.74 Å². The van der Waals surface area contributed by atoms with Crippen LogP contribution in [0.25, 0.3) is 10.9 Å². The fourth-order valence-electron chi connectivity index (χ4n) is 3.09. The van der Waals surface area contributed by atoms with E-state index in [1.807, 2.05) is 0 Å². The minimum Gasteiger partial charge on any atom is -0.492 e. The first-order valence-corrected chi connectivity index (χ1v) is 9.75. The van der Waals surface area contributed by atoms with Gasteiger partial charge in [0.25, 0.3) is 5.56 Å². The minimum absolute atomic E-state index is 0.0315. The predicted octanol–water partition coefficient (Wildman–Crippen LogP) is 1.35. The molecule has 0 radical (unpaired) electrons. The number of benzene rings is 1. The van der Waals surface area contributed by atoms with Crippen LogP contribution in [0, 0.1) is 0 Å². The van der Waals surface area contributed by atoms with Crippen LogP contribution < -0.4 is 15.0 Å². The second-order valence-electron chi connectivity index (χ2n) is 7.43. The van der Waals surface area contributed by atoms with Gasteiger partial charge in [0.05, 0.1) is 25.1 Å². The zero-order valence-corrected chi connectivity index (χ0v) is 16.9. The Morgan fingerprint density at radius 1 is 1.18 bits per heavy atom. The van der Waals surface area contributed by atoms with E-state index in [0.717, 1.165) is 32.5 Å². The van der Waals surface area contributed by atoms with Crippen molar-refractivity contribution in [3.8, 4) is 11.5 Å². The summed E-state index contributed by atoms with van der Waals surface area (Å²) in [5.74, 6) is 1.18. The monoisotopic (exact) mass is 390 g/mol. The molecule has 0 atom stereocenters. The molecule has 1 N–H and O–H groups in total. The summed E-state index contributed by atoms with van der Waals surface area (Å²) >= 11 is 0. The van der Waals surface area contributed by atoms with E-state index in [1.54, 1.807) is 12.1 Å². The highest BCUT2D eigenvalue weighted by Gasteiger charge is 2.19. The van der Waals surface area contributed by atoms with Crippen molar-refractivity contribution in [2.45, 2.75) is 18.9 Å². The number of nitrogens with zero attached hydrogens (tertiary/aromatic N) is 3. The number of fused-ring (bicyclic) bond motifs is 1. The Morgan fingerprint density at radius 3 is 2.71 bits per heavy atom. The van der Waals surface area contributed by atoms with E-state index in [9.17, 15) is 4.79 Å². The van der Waals surface area contributed by atoms with Crippen LogP contribution in [0.15, 0.2) is 23.3 Å². The van der Waals surface area contributed by atoms with Crippen molar-refractivity contribution in [3.63, 3.8) is 0 Å². The lowest BCUT2D eigenvalue weighted by molar-refractivity contribution is 0.0261. The van der Waals surface area contributed by atoms with Gasteiger partial charge in [-0.05, 0) is 21.1 Å². The molecule has 1 fully saturated rings. The topological polar surface area (TPSA) is 79.9 Å². The molecular formula is C20H30N4O4. The highest BCUT2D eigenvalue weighted by atomic mass is 16.5. The quantitative estimate of drug-likeness (QED) is 0.692. The molecule has 8 heteroatoms. The lowest BCUT2D eigenvalue weighted by Crippen LogP contribution is -2.31. The van der Waals surface area contributed by atoms with E-state index in [2.05, 4.69) is 40.9 Å². The van der Waals surface area contributed by atoms with Gasteiger partial charge in [-0.1, -0.05) is 0 Å². The summed E-state index contributed by atoms with van der Waals surface area (Å²) in [6.07, 6.45) is 3.05. The molecule has 0 saturated carbocycles. The van der Waals surface area contributed by atoms with E-state index in [1.165, 1.54) is 6.33 Å². The maximum atomic E-state index is 12.3. The van der Waals surface area contributed by atoms with Crippen LogP contribution in [0.1, 0.15) is 12.8 Å². The number of likely N-dealkylation sites (N-methyl/N-ethyl adjacent to an activating group) is 2. The third kappa shape index (κ3) is 5.67. The molecule has 1 aromatic carbocycles. The third-order valence-electron chi connectivity index (χ3n) is 4.81. The van der Waals surface area contributed by atoms with E-state index in [-0.39, 0.29) is 11.7 Å². The molecule has 0 amide bonds. The average molecular weight is 390 g/mol. The highest BCUT2D eigenvalue weighted by molar-refractivity contribution is 5.85. The fraction of sp³-hybridized carbons (Fsp3) is 0.600. The molecule has 0 bridgehead atoms. The first-order chi connectivity index (χ1) is 13.5. The van der Waals surface area contributed by atoms with Crippen LogP contribution in [0.2, 0.25) is 0 Å². The van der Waals surface area contributed by atoms with Crippen molar-refractivity contribution in [1.29, 1.82) is 0 Å². The summed E-state index contributed by atoms with van der Waals surface area (Å²) in [5.41, 5.74) is 0.367. The van der Waals surface area contributed by atoms with Crippen molar-refractivity contribution in [2.75, 3.05) is 60.6 Å². The van der Waals surface area contributed by atoms with Crippen molar-refractivity contribution >= 4 is 10.9 Å². The Kier molecular flexibility index (Phi) is 7.24. The van der Waals surface area contributed by atoms with Gasteiger partial charge in [0, 0.05) is 44.6 Å². The summed E-state index contributed by atoms with van der Waals surface area (Å²) in [4.78, 5) is 23.6. The Morgan fingerprint density at radius 2 is 1.96 bits per heavy atom. The molecule has 1 aliphatic rings. The van der Waals surface area contributed by atoms with Crippen LogP contribution in [-0.4, -0.2) is 86.5 Å². The Balaban J connectivity index is 1.71. The molecule has 8 nitrogen and oxygen atoms in total. The molecule has 1 aliphatic heterocycles. The standard InChI is InChI=1S/C20H30N4O4/c1-23(2)6-7-24(3)8-11-27-16-12-17-19(20(25)22-14-21-17)18(13-16)28-15-4-9-26-10-5-15/h12-15H,4-11H2,1-3H3,(H,21,22,25). The van der Waals surface area contributed by atoms with Crippen LogP contribution in [0.4, 0.5) is 0 Å². The van der Waals surface area contributed by atoms with E-state index in [4.69, 9.17) is 14.2 Å². The van der Waals surface area contributed by atoms with Crippen molar-refractivity contribution in [1.82, 2.24) is 19.8 Å².